The van der Waals surface area contributed by atoms with Crippen LogP contribution in [-0.2, 0) is 0 Å². The van der Waals surface area contributed by atoms with Crippen LogP contribution in [0.3, 0.4) is 0 Å². The number of hydrogen-bond acceptors (Lipinski definition) is 4. The van der Waals surface area contributed by atoms with Crippen LogP contribution in [0.25, 0.3) is 0 Å². The Morgan fingerprint density at radius 2 is 2.00 bits per heavy atom. The summed E-state index contributed by atoms with van der Waals surface area (Å²) < 4.78 is 5.54. The predicted octanol–water partition coefficient (Wildman–Crippen LogP) is 2.45. The third kappa shape index (κ3) is 4.14. The normalized spacial score (nSPS) is 12.3. The number of hydrogen-bond donors (Lipinski definition) is 2. The van der Waals surface area contributed by atoms with Crippen molar-refractivity contribution >= 4 is 11.3 Å². The summed E-state index contributed by atoms with van der Waals surface area (Å²) in [7, 11) is 0. The summed E-state index contributed by atoms with van der Waals surface area (Å²) in [5, 5.41) is 15.0. The molecule has 0 saturated heterocycles. The van der Waals surface area contributed by atoms with E-state index < -0.39 is 6.10 Å². The van der Waals surface area contributed by atoms with E-state index in [1.54, 1.807) is 11.3 Å². The molecule has 1 aromatic carbocycles. The van der Waals surface area contributed by atoms with Crippen LogP contribution in [0, 0.1) is 0 Å². The van der Waals surface area contributed by atoms with Crippen LogP contribution in [0.15, 0.2) is 47.8 Å². The summed E-state index contributed by atoms with van der Waals surface area (Å²) in [5.41, 5.74) is 0. The van der Waals surface area contributed by atoms with Gasteiger partial charge in [-0.15, -0.1) is 11.3 Å². The van der Waals surface area contributed by atoms with E-state index in [2.05, 4.69) is 5.32 Å². The highest BCUT2D eigenvalue weighted by Crippen LogP contribution is 2.17. The van der Waals surface area contributed by atoms with Crippen molar-refractivity contribution in [2.75, 3.05) is 19.7 Å². The van der Waals surface area contributed by atoms with Gasteiger partial charge in [0, 0.05) is 18.0 Å². The first-order valence-corrected chi connectivity index (χ1v) is 6.84. The average Bonchev–Trinajstić information content (AvgIpc) is 2.93. The van der Waals surface area contributed by atoms with Crippen molar-refractivity contribution in [2.24, 2.45) is 0 Å². The topological polar surface area (TPSA) is 41.5 Å². The minimum absolute atomic E-state index is 0.429. The van der Waals surface area contributed by atoms with E-state index in [1.165, 1.54) is 0 Å². The second-order valence-electron chi connectivity index (χ2n) is 3.90. The minimum atomic E-state index is -0.429. The van der Waals surface area contributed by atoms with Crippen molar-refractivity contribution in [1.82, 2.24) is 5.32 Å². The monoisotopic (exact) mass is 263 g/mol. The van der Waals surface area contributed by atoms with Gasteiger partial charge in [0.05, 0.1) is 0 Å². The fourth-order valence-corrected chi connectivity index (χ4v) is 2.29. The number of aliphatic hydroxyl groups excluding tert-OH is 1. The second-order valence-corrected chi connectivity index (χ2v) is 4.88. The lowest BCUT2D eigenvalue weighted by atomic mass is 10.3. The molecule has 0 spiro atoms. The highest BCUT2D eigenvalue weighted by Gasteiger charge is 2.06. The molecule has 3 nitrogen and oxygen atoms in total. The Balaban J connectivity index is 1.59. The van der Waals surface area contributed by atoms with Gasteiger partial charge in [0.25, 0.3) is 0 Å². The molecule has 1 atom stereocenters. The number of para-hydroxylation sites is 1. The lowest BCUT2D eigenvalue weighted by Gasteiger charge is -2.10. The van der Waals surface area contributed by atoms with Gasteiger partial charge in [-0.25, -0.2) is 0 Å². The van der Waals surface area contributed by atoms with Gasteiger partial charge in [-0.3, -0.25) is 0 Å². The van der Waals surface area contributed by atoms with E-state index in [0.717, 1.165) is 17.2 Å². The van der Waals surface area contributed by atoms with E-state index in [1.807, 2.05) is 47.8 Å². The average molecular weight is 263 g/mol. The molecule has 1 unspecified atom stereocenters. The summed E-state index contributed by atoms with van der Waals surface area (Å²) in [6, 6.07) is 13.6. The summed E-state index contributed by atoms with van der Waals surface area (Å²) in [6.45, 7) is 1.87. The quantitative estimate of drug-likeness (QED) is 0.754. The zero-order chi connectivity index (χ0) is 12.6. The fourth-order valence-electron chi connectivity index (χ4n) is 1.58. The first-order chi connectivity index (χ1) is 8.86. The van der Waals surface area contributed by atoms with Gasteiger partial charge in [-0.05, 0) is 23.6 Å². The lowest BCUT2D eigenvalue weighted by Crippen LogP contribution is -2.25. The molecule has 0 fully saturated rings. The number of aliphatic hydroxyl groups is 1. The number of nitrogens with one attached hydrogen (secondary N) is 1. The standard InChI is InChI=1S/C14H17NO2S/c16-13(14-7-4-10-18-14)11-15-8-9-17-12-5-2-1-3-6-12/h1-7,10,13,15-16H,8-9,11H2. The molecule has 18 heavy (non-hydrogen) atoms. The smallest absolute Gasteiger partial charge is 0.119 e. The molecule has 2 rings (SSSR count). The Bertz CT molecular complexity index is 430. The van der Waals surface area contributed by atoms with Crippen molar-refractivity contribution in [2.45, 2.75) is 6.10 Å². The van der Waals surface area contributed by atoms with Crippen molar-refractivity contribution in [1.29, 1.82) is 0 Å². The molecule has 0 bridgehead atoms. The maximum atomic E-state index is 9.83. The number of benzene rings is 1. The van der Waals surface area contributed by atoms with Gasteiger partial charge < -0.3 is 15.2 Å². The molecule has 4 heteroatoms. The molecule has 0 aliphatic heterocycles. The van der Waals surface area contributed by atoms with Crippen LogP contribution in [-0.4, -0.2) is 24.8 Å². The molecule has 0 saturated carbocycles. The van der Waals surface area contributed by atoms with E-state index in [4.69, 9.17) is 4.74 Å². The van der Waals surface area contributed by atoms with Crippen LogP contribution in [0.2, 0.25) is 0 Å². The molecule has 1 aromatic heterocycles. The zero-order valence-corrected chi connectivity index (χ0v) is 10.9. The first kappa shape index (κ1) is 13.1. The van der Waals surface area contributed by atoms with E-state index in [0.29, 0.717) is 13.2 Å². The Labute approximate surface area is 111 Å². The highest BCUT2D eigenvalue weighted by atomic mass is 32.1. The van der Waals surface area contributed by atoms with Crippen LogP contribution < -0.4 is 10.1 Å². The van der Waals surface area contributed by atoms with Crippen LogP contribution in [0.4, 0.5) is 0 Å². The summed E-state index contributed by atoms with van der Waals surface area (Å²) >= 11 is 1.57. The molecule has 1 heterocycles. The third-order valence-corrected chi connectivity index (χ3v) is 3.47. The molecular weight excluding hydrogens is 246 g/mol. The highest BCUT2D eigenvalue weighted by molar-refractivity contribution is 7.10. The summed E-state index contributed by atoms with van der Waals surface area (Å²) in [4.78, 5) is 0.992. The maximum absolute atomic E-state index is 9.83. The number of ether oxygens (including phenoxy) is 1. The van der Waals surface area contributed by atoms with Crippen molar-refractivity contribution in [3.8, 4) is 5.75 Å². The van der Waals surface area contributed by atoms with Crippen LogP contribution in [0.5, 0.6) is 5.75 Å². The zero-order valence-electron chi connectivity index (χ0n) is 10.1. The van der Waals surface area contributed by atoms with Crippen LogP contribution >= 0.6 is 11.3 Å². The molecule has 2 aromatic rings. The predicted molar refractivity (Wildman–Crippen MR) is 74.1 cm³/mol. The van der Waals surface area contributed by atoms with Gasteiger partial charge in [-0.2, -0.15) is 0 Å². The Hall–Kier alpha value is -1.36. The van der Waals surface area contributed by atoms with Crippen molar-refractivity contribution < 1.29 is 9.84 Å². The van der Waals surface area contributed by atoms with Crippen molar-refractivity contribution in [3.05, 3.63) is 52.7 Å². The fraction of sp³-hybridized carbons (Fsp3) is 0.286. The van der Waals surface area contributed by atoms with E-state index >= 15 is 0 Å². The van der Waals surface area contributed by atoms with Gasteiger partial charge in [0.1, 0.15) is 18.5 Å². The molecule has 0 aliphatic rings. The number of rotatable bonds is 7. The largest absolute Gasteiger partial charge is 0.492 e. The van der Waals surface area contributed by atoms with Crippen molar-refractivity contribution in [3.63, 3.8) is 0 Å². The molecule has 0 aliphatic carbocycles. The molecular formula is C14H17NO2S. The third-order valence-electron chi connectivity index (χ3n) is 2.50. The summed E-state index contributed by atoms with van der Waals surface area (Å²) in [5.74, 6) is 0.873. The van der Waals surface area contributed by atoms with Gasteiger partial charge in [0.15, 0.2) is 0 Å². The number of thiophene rings is 1. The molecule has 96 valence electrons. The molecule has 0 radical (unpaired) electrons. The first-order valence-electron chi connectivity index (χ1n) is 5.96. The van der Waals surface area contributed by atoms with Gasteiger partial charge >= 0.3 is 0 Å². The lowest BCUT2D eigenvalue weighted by molar-refractivity contribution is 0.175. The Kier molecular flexibility index (Phi) is 5.20. The van der Waals surface area contributed by atoms with E-state index in [-0.39, 0.29) is 0 Å². The Morgan fingerprint density at radius 1 is 1.17 bits per heavy atom. The maximum Gasteiger partial charge on any atom is 0.119 e. The Morgan fingerprint density at radius 3 is 2.72 bits per heavy atom. The SMILES string of the molecule is OC(CNCCOc1ccccc1)c1cccs1. The van der Waals surface area contributed by atoms with Gasteiger partial charge in [0.2, 0.25) is 0 Å². The van der Waals surface area contributed by atoms with Gasteiger partial charge in [-0.1, -0.05) is 24.3 Å². The van der Waals surface area contributed by atoms with E-state index in [9.17, 15) is 5.11 Å². The molecule has 0 amide bonds. The van der Waals surface area contributed by atoms with Crippen LogP contribution in [0.1, 0.15) is 11.0 Å². The molecule has 2 N–H and O–H groups in total. The minimum Gasteiger partial charge on any atom is -0.492 e. The summed E-state index contributed by atoms with van der Waals surface area (Å²) in [6.07, 6.45) is -0.429. The second kappa shape index (κ2) is 7.16.